The minimum Gasteiger partial charge on any atom is -0.480 e. The van der Waals surface area contributed by atoms with Crippen LogP contribution in [0.15, 0.2) is 36.4 Å². The van der Waals surface area contributed by atoms with Crippen LogP contribution in [0.2, 0.25) is 0 Å². The van der Waals surface area contributed by atoms with Crippen molar-refractivity contribution in [3.8, 4) is 11.1 Å². The summed E-state index contributed by atoms with van der Waals surface area (Å²) in [5.74, 6) is 0.412. The average molecular weight is 575 g/mol. The molecule has 2 amide bonds. The molecule has 2 aliphatic rings. The van der Waals surface area contributed by atoms with Gasteiger partial charge in [-0.1, -0.05) is 24.3 Å². The maximum absolute atomic E-state index is 13.0. The molecule has 2 fully saturated rings. The summed E-state index contributed by atoms with van der Waals surface area (Å²) in [6, 6.07) is 11.1. The van der Waals surface area contributed by atoms with E-state index in [1.807, 2.05) is 45.0 Å². The highest BCUT2D eigenvalue weighted by atomic mass is 16.6. The number of hydrogen-bond donors (Lipinski definition) is 4. The standard InChI is InChI=1S/C33H42N4O5/c1-19-15-26-27(36-29(35-26)23-13-14-23)17-25(19)22-9-5-20(6-10-22)16-28(31(39)40)37-30(38)24-11-7-21(8-12-24)18-34-32(41)42-33(2,3)4/h5-6,9-10,15,17,21,23-24,28H,7-8,11-14,16,18H2,1-4H3,(H,34,41)(H,35,36)(H,37,38)(H,39,40)/t21-,24-,28-/m0/s1. The van der Waals surface area contributed by atoms with Crippen LogP contribution in [0.3, 0.4) is 0 Å². The molecule has 0 unspecified atom stereocenters. The number of aliphatic carboxylic acids is 1. The Morgan fingerprint density at radius 1 is 1.05 bits per heavy atom. The molecule has 0 spiro atoms. The lowest BCUT2D eigenvalue weighted by Crippen LogP contribution is -2.46. The van der Waals surface area contributed by atoms with Crippen LogP contribution in [-0.4, -0.2) is 51.2 Å². The maximum Gasteiger partial charge on any atom is 0.407 e. The van der Waals surface area contributed by atoms with E-state index in [1.54, 1.807) is 0 Å². The third-order valence-corrected chi connectivity index (χ3v) is 8.28. The number of carboxylic acids is 1. The van der Waals surface area contributed by atoms with E-state index >= 15 is 0 Å². The summed E-state index contributed by atoms with van der Waals surface area (Å²) >= 11 is 0. The van der Waals surface area contributed by atoms with E-state index in [4.69, 9.17) is 9.72 Å². The Labute approximate surface area is 246 Å². The summed E-state index contributed by atoms with van der Waals surface area (Å²) < 4.78 is 5.29. The van der Waals surface area contributed by atoms with Gasteiger partial charge >= 0.3 is 12.1 Å². The van der Waals surface area contributed by atoms with Crippen LogP contribution in [0.1, 0.15) is 82.2 Å². The van der Waals surface area contributed by atoms with E-state index in [0.29, 0.717) is 25.3 Å². The highest BCUT2D eigenvalue weighted by Gasteiger charge is 2.30. The van der Waals surface area contributed by atoms with Crippen molar-refractivity contribution >= 4 is 29.0 Å². The largest absolute Gasteiger partial charge is 0.480 e. The van der Waals surface area contributed by atoms with Crippen LogP contribution in [0.5, 0.6) is 0 Å². The number of imidazole rings is 1. The highest BCUT2D eigenvalue weighted by Crippen LogP contribution is 2.39. The van der Waals surface area contributed by atoms with Gasteiger partial charge < -0.3 is 25.5 Å². The smallest absolute Gasteiger partial charge is 0.407 e. The number of aromatic amines is 1. The van der Waals surface area contributed by atoms with Crippen LogP contribution in [0.25, 0.3) is 22.2 Å². The fourth-order valence-electron chi connectivity index (χ4n) is 5.76. The number of fused-ring (bicyclic) bond motifs is 1. The highest BCUT2D eigenvalue weighted by molar-refractivity contribution is 5.86. The van der Waals surface area contributed by atoms with Crippen LogP contribution < -0.4 is 10.6 Å². The third kappa shape index (κ3) is 7.49. The van der Waals surface area contributed by atoms with E-state index in [2.05, 4.69) is 34.7 Å². The van der Waals surface area contributed by atoms with Crippen molar-refractivity contribution in [3.05, 3.63) is 53.3 Å². The molecule has 3 aromatic rings. The quantitative estimate of drug-likeness (QED) is 0.253. The number of carboxylic acid groups (broad SMARTS) is 1. The Bertz CT molecular complexity index is 1440. The van der Waals surface area contributed by atoms with E-state index in [0.717, 1.165) is 52.0 Å². The van der Waals surface area contributed by atoms with Gasteiger partial charge in [-0.25, -0.2) is 14.6 Å². The van der Waals surface area contributed by atoms with E-state index in [1.165, 1.54) is 12.8 Å². The number of alkyl carbamates (subject to hydrolysis) is 1. The second kappa shape index (κ2) is 12.2. The Morgan fingerprint density at radius 2 is 1.74 bits per heavy atom. The number of carbonyl (C=O) groups is 3. The molecule has 1 atom stereocenters. The first-order valence-corrected chi connectivity index (χ1v) is 15.0. The van der Waals surface area contributed by atoms with E-state index < -0.39 is 23.7 Å². The summed E-state index contributed by atoms with van der Waals surface area (Å²) in [5.41, 5.74) is 5.62. The van der Waals surface area contributed by atoms with Gasteiger partial charge in [0.05, 0.1) is 11.0 Å². The topological polar surface area (TPSA) is 133 Å². The number of nitrogens with zero attached hydrogens (tertiary/aromatic N) is 1. The van der Waals surface area contributed by atoms with Crippen LogP contribution in [0, 0.1) is 18.8 Å². The number of rotatable bonds is 9. The lowest BCUT2D eigenvalue weighted by Gasteiger charge is -2.29. The minimum atomic E-state index is -1.05. The molecule has 2 aromatic carbocycles. The average Bonchev–Trinajstić information content (AvgIpc) is 3.70. The first-order chi connectivity index (χ1) is 19.9. The number of aromatic nitrogens is 2. The summed E-state index contributed by atoms with van der Waals surface area (Å²) in [7, 11) is 0. The molecule has 2 saturated carbocycles. The van der Waals surface area contributed by atoms with E-state index in [-0.39, 0.29) is 24.2 Å². The molecule has 9 heteroatoms. The number of carbonyl (C=O) groups excluding carboxylic acids is 2. The molecule has 0 saturated heterocycles. The van der Waals surface area contributed by atoms with Gasteiger partial charge in [-0.3, -0.25) is 4.79 Å². The molecule has 4 N–H and O–H groups in total. The van der Waals surface area contributed by atoms with Gasteiger partial charge in [-0.05, 0) is 107 Å². The zero-order valence-electron chi connectivity index (χ0n) is 25.0. The maximum atomic E-state index is 13.0. The lowest BCUT2D eigenvalue weighted by atomic mass is 9.81. The molecule has 2 aliphatic carbocycles. The van der Waals surface area contributed by atoms with Gasteiger partial charge in [-0.2, -0.15) is 0 Å². The van der Waals surface area contributed by atoms with Crippen LogP contribution in [-0.2, 0) is 20.7 Å². The second-order valence-electron chi connectivity index (χ2n) is 13.0. The van der Waals surface area contributed by atoms with Crippen molar-refractivity contribution in [2.75, 3.05) is 6.54 Å². The zero-order chi connectivity index (χ0) is 30.0. The van der Waals surface area contributed by atoms with Gasteiger partial charge in [0.1, 0.15) is 17.5 Å². The number of H-pyrrole nitrogens is 1. The molecule has 0 bridgehead atoms. The lowest BCUT2D eigenvalue weighted by molar-refractivity contribution is -0.142. The van der Waals surface area contributed by atoms with Crippen LogP contribution >= 0.6 is 0 Å². The molecular weight excluding hydrogens is 532 g/mol. The van der Waals surface area contributed by atoms with E-state index in [9.17, 15) is 19.5 Å². The predicted molar refractivity (Wildman–Crippen MR) is 161 cm³/mol. The molecule has 42 heavy (non-hydrogen) atoms. The van der Waals surface area contributed by atoms with Crippen molar-refractivity contribution in [2.45, 2.75) is 90.2 Å². The number of hydrogen-bond acceptors (Lipinski definition) is 5. The molecule has 0 aliphatic heterocycles. The molecular formula is C33H42N4O5. The summed E-state index contributed by atoms with van der Waals surface area (Å²) in [5, 5.41) is 15.5. The van der Waals surface area contributed by atoms with Crippen molar-refractivity contribution in [2.24, 2.45) is 11.8 Å². The van der Waals surface area contributed by atoms with Crippen molar-refractivity contribution in [1.82, 2.24) is 20.6 Å². The Balaban J connectivity index is 1.14. The van der Waals surface area contributed by atoms with Crippen LogP contribution in [0.4, 0.5) is 4.79 Å². The Kier molecular flexibility index (Phi) is 8.57. The van der Waals surface area contributed by atoms with Gasteiger partial charge in [0.15, 0.2) is 0 Å². The molecule has 224 valence electrons. The van der Waals surface area contributed by atoms with Crippen molar-refractivity contribution < 1.29 is 24.2 Å². The first-order valence-electron chi connectivity index (χ1n) is 15.0. The number of aryl methyl sites for hydroxylation is 1. The molecule has 9 nitrogen and oxygen atoms in total. The fourth-order valence-corrected chi connectivity index (χ4v) is 5.76. The van der Waals surface area contributed by atoms with Crippen molar-refractivity contribution in [3.63, 3.8) is 0 Å². The summed E-state index contributed by atoms with van der Waals surface area (Å²) in [6.07, 6.45) is 5.07. The number of amides is 2. The molecule has 5 rings (SSSR count). The molecule has 0 radical (unpaired) electrons. The van der Waals surface area contributed by atoms with Gasteiger partial charge in [-0.15, -0.1) is 0 Å². The second-order valence-corrected chi connectivity index (χ2v) is 13.0. The SMILES string of the molecule is Cc1cc2nc(C3CC3)[nH]c2cc1-c1ccc(C[C@H](NC(=O)[C@H]2CC[C@H](CNC(=O)OC(C)(C)C)CC2)C(=O)O)cc1. The number of ether oxygens (including phenoxy) is 1. The normalized spacial score (nSPS) is 19.7. The molecule has 1 aromatic heterocycles. The third-order valence-electron chi connectivity index (χ3n) is 8.28. The van der Waals surface area contributed by atoms with Gasteiger partial charge in [0.2, 0.25) is 5.91 Å². The Hall–Kier alpha value is -3.88. The van der Waals surface area contributed by atoms with Gasteiger partial charge in [0, 0.05) is 24.8 Å². The Morgan fingerprint density at radius 3 is 2.36 bits per heavy atom. The van der Waals surface area contributed by atoms with Crippen molar-refractivity contribution in [1.29, 1.82) is 0 Å². The predicted octanol–water partition coefficient (Wildman–Crippen LogP) is 5.86. The zero-order valence-corrected chi connectivity index (χ0v) is 25.0. The first kappa shape index (κ1) is 29.6. The monoisotopic (exact) mass is 574 g/mol. The number of nitrogens with one attached hydrogen (secondary N) is 3. The number of benzene rings is 2. The van der Waals surface area contributed by atoms with Gasteiger partial charge in [0.25, 0.3) is 0 Å². The molecule has 1 heterocycles. The fraction of sp³-hybridized carbons (Fsp3) is 0.515. The summed E-state index contributed by atoms with van der Waals surface area (Å²) in [4.78, 5) is 45.2. The minimum absolute atomic E-state index is 0.208. The summed E-state index contributed by atoms with van der Waals surface area (Å²) in [6.45, 7) is 8.05.